The average Bonchev–Trinajstić information content (AvgIpc) is 2.64. The van der Waals surface area contributed by atoms with Crippen LogP contribution in [0.3, 0.4) is 0 Å². The molecule has 0 saturated carbocycles. The van der Waals surface area contributed by atoms with Crippen molar-refractivity contribution in [1.82, 2.24) is 0 Å². The Balaban J connectivity index is 3.67. The van der Waals surface area contributed by atoms with Gasteiger partial charge >= 0.3 is 5.97 Å². The van der Waals surface area contributed by atoms with Crippen LogP contribution in [0.25, 0.3) is 0 Å². The molecule has 0 atom stereocenters. The van der Waals surface area contributed by atoms with Gasteiger partial charge in [-0.05, 0) is 44.4 Å². The van der Waals surface area contributed by atoms with Crippen molar-refractivity contribution in [1.29, 1.82) is 0 Å². The molecule has 146 valence electrons. The van der Waals surface area contributed by atoms with Gasteiger partial charge in [-0.2, -0.15) is 0 Å². The highest BCUT2D eigenvalue weighted by Crippen LogP contribution is 1.97. The SMILES string of the molecule is CC/C=C\C/C=C\C/C=C\C/C=C\C/C=C\CC#CC(=O)CCCC(=O)O. The van der Waals surface area contributed by atoms with Crippen LogP contribution in [0.2, 0.25) is 0 Å². The highest BCUT2D eigenvalue weighted by molar-refractivity contribution is 5.95. The predicted octanol–water partition coefficient (Wildman–Crippen LogP) is 5.96. The number of ketones is 1. The summed E-state index contributed by atoms with van der Waals surface area (Å²) in [6.45, 7) is 2.14. The maximum Gasteiger partial charge on any atom is 0.303 e. The third kappa shape index (κ3) is 21.4. The van der Waals surface area contributed by atoms with E-state index in [2.05, 4.69) is 67.4 Å². The Kier molecular flexibility index (Phi) is 17.8. The van der Waals surface area contributed by atoms with Crippen LogP contribution in [-0.4, -0.2) is 16.9 Å². The zero-order valence-electron chi connectivity index (χ0n) is 16.4. The molecule has 27 heavy (non-hydrogen) atoms. The number of hydrogen-bond acceptors (Lipinski definition) is 2. The Morgan fingerprint density at radius 2 is 1.22 bits per heavy atom. The number of allylic oxidation sites excluding steroid dienone is 10. The zero-order chi connectivity index (χ0) is 20.0. The summed E-state index contributed by atoms with van der Waals surface area (Å²) in [5.74, 6) is 4.26. The number of carbonyl (C=O) groups excluding carboxylic acids is 1. The molecule has 0 radical (unpaired) electrons. The van der Waals surface area contributed by atoms with E-state index in [0.29, 0.717) is 12.8 Å². The molecule has 3 heteroatoms. The Hall–Kier alpha value is -2.60. The van der Waals surface area contributed by atoms with Crippen LogP contribution >= 0.6 is 0 Å². The smallest absolute Gasteiger partial charge is 0.303 e. The summed E-state index contributed by atoms with van der Waals surface area (Å²) < 4.78 is 0. The van der Waals surface area contributed by atoms with Crippen LogP contribution in [0.15, 0.2) is 60.8 Å². The van der Waals surface area contributed by atoms with Gasteiger partial charge in [-0.3, -0.25) is 9.59 Å². The van der Waals surface area contributed by atoms with Gasteiger partial charge < -0.3 is 5.11 Å². The largest absolute Gasteiger partial charge is 0.481 e. The zero-order valence-corrected chi connectivity index (χ0v) is 16.4. The molecule has 0 aliphatic rings. The molecule has 0 spiro atoms. The topological polar surface area (TPSA) is 54.4 Å². The van der Waals surface area contributed by atoms with Gasteiger partial charge in [-0.1, -0.05) is 73.6 Å². The molecule has 0 aromatic rings. The van der Waals surface area contributed by atoms with Gasteiger partial charge in [0.1, 0.15) is 0 Å². The van der Waals surface area contributed by atoms with E-state index in [0.717, 1.165) is 32.1 Å². The van der Waals surface area contributed by atoms with Crippen LogP contribution in [0.5, 0.6) is 0 Å². The fraction of sp³-hybridized carbons (Fsp3) is 0.417. The van der Waals surface area contributed by atoms with E-state index in [-0.39, 0.29) is 18.6 Å². The molecular weight excluding hydrogens is 336 g/mol. The van der Waals surface area contributed by atoms with Gasteiger partial charge in [-0.15, -0.1) is 0 Å². The van der Waals surface area contributed by atoms with Crippen LogP contribution in [0, 0.1) is 11.8 Å². The second-order valence-electron chi connectivity index (χ2n) is 5.88. The normalized spacial score (nSPS) is 11.9. The van der Waals surface area contributed by atoms with Crippen molar-refractivity contribution in [2.24, 2.45) is 0 Å². The van der Waals surface area contributed by atoms with Crippen molar-refractivity contribution in [3.05, 3.63) is 60.8 Å². The van der Waals surface area contributed by atoms with Gasteiger partial charge in [-0.25, -0.2) is 0 Å². The summed E-state index contributed by atoms with van der Waals surface area (Å²) in [4.78, 5) is 21.7. The maximum atomic E-state index is 11.4. The Morgan fingerprint density at radius 3 is 1.70 bits per heavy atom. The van der Waals surface area contributed by atoms with E-state index in [1.165, 1.54) is 0 Å². The number of carbonyl (C=O) groups is 2. The van der Waals surface area contributed by atoms with Gasteiger partial charge in [0.2, 0.25) is 5.78 Å². The summed E-state index contributed by atoms with van der Waals surface area (Å²) in [6.07, 6.45) is 27.2. The van der Waals surface area contributed by atoms with Crippen LogP contribution in [-0.2, 0) is 9.59 Å². The lowest BCUT2D eigenvalue weighted by Gasteiger charge is -1.90. The lowest BCUT2D eigenvalue weighted by Crippen LogP contribution is -1.98. The molecule has 0 aromatic heterocycles. The van der Waals surface area contributed by atoms with Crippen molar-refractivity contribution >= 4 is 11.8 Å². The van der Waals surface area contributed by atoms with Crippen LogP contribution < -0.4 is 0 Å². The highest BCUT2D eigenvalue weighted by Gasteiger charge is 2.00. The first-order valence-electron chi connectivity index (χ1n) is 9.65. The molecule has 0 aliphatic carbocycles. The quantitative estimate of drug-likeness (QED) is 0.234. The molecule has 0 rings (SSSR count). The standard InChI is InChI=1S/C24H32O3/c1-2-3-4-5-6-7-8-9-10-11-12-13-14-15-16-17-18-20-23(25)21-19-22-24(26)27/h3-4,6-7,9-10,12-13,15-16H,2,5,8,11,14,17,19,21-22H2,1H3,(H,26,27)/b4-3-,7-6-,10-9-,13-12-,16-15-. The lowest BCUT2D eigenvalue weighted by molar-refractivity contribution is -0.137. The number of rotatable bonds is 14. The van der Waals surface area contributed by atoms with Crippen molar-refractivity contribution in [3.8, 4) is 11.8 Å². The molecule has 0 unspecified atom stereocenters. The van der Waals surface area contributed by atoms with E-state index in [1.54, 1.807) is 0 Å². The van der Waals surface area contributed by atoms with Crippen molar-refractivity contribution < 1.29 is 14.7 Å². The number of carboxylic acid groups (broad SMARTS) is 1. The number of hydrogen-bond donors (Lipinski definition) is 1. The maximum absolute atomic E-state index is 11.4. The Bertz CT molecular complexity index is 607. The second-order valence-corrected chi connectivity index (χ2v) is 5.88. The van der Waals surface area contributed by atoms with E-state index in [1.807, 2.05) is 12.2 Å². The minimum Gasteiger partial charge on any atom is -0.481 e. The van der Waals surface area contributed by atoms with E-state index in [9.17, 15) is 9.59 Å². The molecule has 3 nitrogen and oxygen atoms in total. The third-order valence-corrected chi connectivity index (χ3v) is 3.40. The molecule has 0 saturated heterocycles. The molecule has 0 aliphatic heterocycles. The van der Waals surface area contributed by atoms with Crippen molar-refractivity contribution in [3.63, 3.8) is 0 Å². The van der Waals surface area contributed by atoms with Crippen LogP contribution in [0.1, 0.15) is 64.7 Å². The minimum atomic E-state index is -0.880. The fourth-order valence-electron chi connectivity index (χ4n) is 2.01. The lowest BCUT2D eigenvalue weighted by atomic mass is 10.2. The van der Waals surface area contributed by atoms with Crippen LogP contribution in [0.4, 0.5) is 0 Å². The highest BCUT2D eigenvalue weighted by atomic mass is 16.4. The fourth-order valence-corrected chi connectivity index (χ4v) is 2.01. The molecule has 0 heterocycles. The van der Waals surface area contributed by atoms with E-state index >= 15 is 0 Å². The molecule has 1 N–H and O–H groups in total. The number of carboxylic acids is 1. The minimum absolute atomic E-state index is 0.0161. The van der Waals surface area contributed by atoms with Gasteiger partial charge in [0.15, 0.2) is 0 Å². The van der Waals surface area contributed by atoms with Crippen molar-refractivity contribution in [2.45, 2.75) is 64.7 Å². The predicted molar refractivity (Wildman–Crippen MR) is 113 cm³/mol. The average molecular weight is 369 g/mol. The Morgan fingerprint density at radius 1 is 0.741 bits per heavy atom. The van der Waals surface area contributed by atoms with E-state index < -0.39 is 5.97 Å². The Labute approximate surface area is 164 Å². The molecule has 0 bridgehead atoms. The number of aliphatic carboxylic acids is 1. The van der Waals surface area contributed by atoms with Crippen molar-refractivity contribution in [2.75, 3.05) is 0 Å². The van der Waals surface area contributed by atoms with Gasteiger partial charge in [0.05, 0.1) is 0 Å². The molecule has 0 fully saturated rings. The van der Waals surface area contributed by atoms with Gasteiger partial charge in [0.25, 0.3) is 0 Å². The molecule has 0 amide bonds. The van der Waals surface area contributed by atoms with E-state index in [4.69, 9.17) is 5.11 Å². The first-order chi connectivity index (χ1) is 13.2. The summed E-state index contributed by atoms with van der Waals surface area (Å²) in [6, 6.07) is 0. The monoisotopic (exact) mass is 368 g/mol. The first-order valence-corrected chi connectivity index (χ1v) is 9.65. The summed E-state index contributed by atoms with van der Waals surface area (Å²) in [5, 5.41) is 8.49. The second kappa shape index (κ2) is 19.7. The molecule has 0 aromatic carbocycles. The summed E-state index contributed by atoms with van der Waals surface area (Å²) >= 11 is 0. The van der Waals surface area contributed by atoms with Gasteiger partial charge in [0, 0.05) is 19.3 Å². The number of Topliss-reactive ketones (excluding diaryl/α,β-unsaturated/α-hetero) is 1. The summed E-state index contributed by atoms with van der Waals surface area (Å²) in [7, 11) is 0. The first kappa shape index (κ1) is 24.4. The molecular formula is C24H32O3. The third-order valence-electron chi connectivity index (χ3n) is 3.40. The summed E-state index contributed by atoms with van der Waals surface area (Å²) in [5.41, 5.74) is 0.